The molecule has 4 nitrogen and oxygen atoms in total. The molecule has 0 saturated heterocycles. The second-order valence-electron chi connectivity index (χ2n) is 6.52. The van der Waals surface area contributed by atoms with Crippen molar-refractivity contribution in [1.82, 2.24) is 4.90 Å². The van der Waals surface area contributed by atoms with Crippen molar-refractivity contribution in [2.24, 2.45) is 11.1 Å². The fourth-order valence-electron chi connectivity index (χ4n) is 2.60. The van der Waals surface area contributed by atoms with Gasteiger partial charge in [-0.05, 0) is 18.4 Å². The van der Waals surface area contributed by atoms with E-state index in [2.05, 4.69) is 56.8 Å². The van der Waals surface area contributed by atoms with Crippen LogP contribution in [0.5, 0.6) is 0 Å². The molecule has 1 heterocycles. The number of benzene rings is 1. The Balaban J connectivity index is 1.94. The summed E-state index contributed by atoms with van der Waals surface area (Å²) in [4.78, 5) is 19.7. The number of carbonyl (C=O) groups is 1. The van der Waals surface area contributed by atoms with Crippen LogP contribution in [0, 0.1) is 12.8 Å². The number of hydrogen-bond donors (Lipinski definition) is 0. The highest BCUT2D eigenvalue weighted by atomic mass is 16.6. The Bertz CT molecular complexity index is 576. The highest BCUT2D eigenvalue weighted by Gasteiger charge is 2.26. The quantitative estimate of drug-likeness (QED) is 0.722. The standard InChI is InChI=1S/C19H26N2O2/c1-5-10-21(19(22)11-14(2)3)13-17-12-18(20-23-17)16-8-6-15(4)7-9-16/h5-9,14,17H,1,10-13H2,2-4H3/t17-/m1/s1. The lowest BCUT2D eigenvalue weighted by molar-refractivity contribution is -0.133. The van der Waals surface area contributed by atoms with Crippen LogP contribution in [-0.2, 0) is 9.63 Å². The van der Waals surface area contributed by atoms with E-state index in [1.165, 1.54) is 5.56 Å². The van der Waals surface area contributed by atoms with Gasteiger partial charge in [-0.3, -0.25) is 4.79 Å². The van der Waals surface area contributed by atoms with Gasteiger partial charge in [0.1, 0.15) is 0 Å². The first-order valence-electron chi connectivity index (χ1n) is 8.18. The van der Waals surface area contributed by atoms with Crippen LogP contribution in [-0.4, -0.2) is 35.7 Å². The molecule has 1 aromatic rings. The minimum absolute atomic E-state index is 0.0811. The van der Waals surface area contributed by atoms with Crippen LogP contribution < -0.4 is 0 Å². The van der Waals surface area contributed by atoms with E-state index in [4.69, 9.17) is 4.84 Å². The molecule has 1 aromatic carbocycles. The predicted molar refractivity (Wildman–Crippen MR) is 93.4 cm³/mol. The summed E-state index contributed by atoms with van der Waals surface area (Å²) < 4.78 is 0. The number of hydrogen-bond acceptors (Lipinski definition) is 3. The molecule has 1 aliphatic heterocycles. The maximum atomic E-state index is 12.3. The molecule has 0 N–H and O–H groups in total. The fraction of sp³-hybridized carbons (Fsp3) is 0.474. The van der Waals surface area contributed by atoms with Gasteiger partial charge in [0.15, 0.2) is 6.10 Å². The Morgan fingerprint density at radius 1 is 1.43 bits per heavy atom. The molecule has 0 radical (unpaired) electrons. The number of nitrogens with zero attached hydrogens (tertiary/aromatic N) is 2. The average molecular weight is 314 g/mol. The first-order valence-corrected chi connectivity index (χ1v) is 8.18. The van der Waals surface area contributed by atoms with Gasteiger partial charge in [0, 0.05) is 19.4 Å². The van der Waals surface area contributed by atoms with Crippen molar-refractivity contribution >= 4 is 11.6 Å². The molecule has 0 saturated carbocycles. The molecular weight excluding hydrogens is 288 g/mol. The summed E-state index contributed by atoms with van der Waals surface area (Å²) in [5.41, 5.74) is 3.26. The second-order valence-corrected chi connectivity index (χ2v) is 6.52. The largest absolute Gasteiger partial charge is 0.390 e. The summed E-state index contributed by atoms with van der Waals surface area (Å²) in [5, 5.41) is 4.20. The van der Waals surface area contributed by atoms with Gasteiger partial charge in [-0.25, -0.2) is 0 Å². The van der Waals surface area contributed by atoms with Crippen molar-refractivity contribution in [2.75, 3.05) is 13.1 Å². The third kappa shape index (κ3) is 4.95. The predicted octanol–water partition coefficient (Wildman–Crippen LogP) is 3.55. The van der Waals surface area contributed by atoms with Crippen molar-refractivity contribution in [2.45, 2.75) is 39.7 Å². The SMILES string of the molecule is C=CCN(C[C@H]1CC(c2ccc(C)cc2)=NO1)C(=O)CC(C)C. The van der Waals surface area contributed by atoms with Crippen LogP contribution in [0.2, 0.25) is 0 Å². The Morgan fingerprint density at radius 2 is 2.13 bits per heavy atom. The maximum absolute atomic E-state index is 12.3. The van der Waals surface area contributed by atoms with Gasteiger partial charge >= 0.3 is 0 Å². The third-order valence-electron chi connectivity index (χ3n) is 3.83. The first kappa shape index (κ1) is 17.3. The van der Waals surface area contributed by atoms with Gasteiger partial charge in [0.2, 0.25) is 5.91 Å². The highest BCUT2D eigenvalue weighted by molar-refractivity contribution is 6.01. The van der Waals surface area contributed by atoms with E-state index >= 15 is 0 Å². The lowest BCUT2D eigenvalue weighted by atomic mass is 10.0. The molecule has 0 aliphatic carbocycles. The Labute approximate surface area is 138 Å². The highest BCUT2D eigenvalue weighted by Crippen LogP contribution is 2.19. The van der Waals surface area contributed by atoms with Gasteiger partial charge in [0.05, 0.1) is 12.3 Å². The van der Waals surface area contributed by atoms with Crippen molar-refractivity contribution in [3.63, 3.8) is 0 Å². The summed E-state index contributed by atoms with van der Waals surface area (Å²) in [5.74, 6) is 0.492. The third-order valence-corrected chi connectivity index (χ3v) is 3.83. The Morgan fingerprint density at radius 3 is 2.74 bits per heavy atom. The van der Waals surface area contributed by atoms with Crippen molar-refractivity contribution in [1.29, 1.82) is 0 Å². The summed E-state index contributed by atoms with van der Waals surface area (Å²) in [6.07, 6.45) is 2.95. The molecule has 1 aliphatic rings. The van der Waals surface area contributed by atoms with Gasteiger partial charge in [-0.2, -0.15) is 0 Å². The number of carbonyl (C=O) groups excluding carboxylic acids is 1. The van der Waals surface area contributed by atoms with Gasteiger partial charge in [-0.15, -0.1) is 6.58 Å². The summed E-state index contributed by atoms with van der Waals surface area (Å²) in [6.45, 7) is 11.0. The minimum Gasteiger partial charge on any atom is -0.390 e. The van der Waals surface area contributed by atoms with E-state index in [-0.39, 0.29) is 12.0 Å². The van der Waals surface area contributed by atoms with Crippen LogP contribution in [0.3, 0.4) is 0 Å². The summed E-state index contributed by atoms with van der Waals surface area (Å²) >= 11 is 0. The summed E-state index contributed by atoms with van der Waals surface area (Å²) in [6, 6.07) is 8.26. The van der Waals surface area contributed by atoms with E-state index in [0.29, 0.717) is 25.4 Å². The lowest BCUT2D eigenvalue weighted by Gasteiger charge is -2.24. The normalized spacial score (nSPS) is 16.9. The molecule has 0 aromatic heterocycles. The van der Waals surface area contributed by atoms with Crippen molar-refractivity contribution in [3.8, 4) is 0 Å². The molecule has 124 valence electrons. The molecule has 0 bridgehead atoms. The molecule has 0 unspecified atom stereocenters. The van der Waals surface area contributed by atoms with Crippen LogP contribution in [0.4, 0.5) is 0 Å². The zero-order chi connectivity index (χ0) is 16.8. The van der Waals surface area contributed by atoms with Crippen LogP contribution in [0.25, 0.3) is 0 Å². The lowest BCUT2D eigenvalue weighted by Crippen LogP contribution is -2.38. The van der Waals surface area contributed by atoms with E-state index < -0.39 is 0 Å². The van der Waals surface area contributed by atoms with Crippen LogP contribution in [0.1, 0.15) is 37.8 Å². The molecule has 2 rings (SSSR count). The molecule has 0 spiro atoms. The van der Waals surface area contributed by atoms with Gasteiger partial charge < -0.3 is 9.74 Å². The molecule has 1 atom stereocenters. The summed E-state index contributed by atoms with van der Waals surface area (Å²) in [7, 11) is 0. The van der Waals surface area contributed by atoms with Crippen LogP contribution >= 0.6 is 0 Å². The zero-order valence-electron chi connectivity index (χ0n) is 14.3. The topological polar surface area (TPSA) is 41.9 Å². The van der Waals surface area contributed by atoms with E-state index in [1.54, 1.807) is 6.08 Å². The molecule has 4 heteroatoms. The van der Waals surface area contributed by atoms with Gasteiger partial charge in [-0.1, -0.05) is 54.9 Å². The Hall–Kier alpha value is -2.10. The second kappa shape index (κ2) is 7.95. The van der Waals surface area contributed by atoms with E-state index in [9.17, 15) is 4.79 Å². The van der Waals surface area contributed by atoms with Gasteiger partial charge in [0.25, 0.3) is 0 Å². The number of amides is 1. The monoisotopic (exact) mass is 314 g/mol. The maximum Gasteiger partial charge on any atom is 0.223 e. The van der Waals surface area contributed by atoms with E-state index in [0.717, 1.165) is 17.7 Å². The molecule has 23 heavy (non-hydrogen) atoms. The van der Waals surface area contributed by atoms with E-state index in [1.807, 2.05) is 4.90 Å². The zero-order valence-corrected chi connectivity index (χ0v) is 14.3. The molecule has 0 fully saturated rings. The minimum atomic E-state index is -0.0811. The number of oxime groups is 1. The smallest absolute Gasteiger partial charge is 0.223 e. The number of aryl methyl sites for hydroxylation is 1. The number of rotatable bonds is 7. The first-order chi connectivity index (χ1) is 11.0. The molecule has 1 amide bonds. The fourth-order valence-corrected chi connectivity index (χ4v) is 2.60. The Kier molecular flexibility index (Phi) is 5.97. The average Bonchev–Trinajstić information content (AvgIpc) is 2.95. The van der Waals surface area contributed by atoms with Crippen LogP contribution in [0.15, 0.2) is 42.1 Å². The molecular formula is C19H26N2O2. The van der Waals surface area contributed by atoms with Crippen molar-refractivity contribution in [3.05, 3.63) is 48.0 Å². The van der Waals surface area contributed by atoms with Crippen molar-refractivity contribution < 1.29 is 9.63 Å².